The predicted octanol–water partition coefficient (Wildman–Crippen LogP) is 0.816. The molecule has 0 atom stereocenters. The molecule has 8 heavy (non-hydrogen) atoms. The lowest BCUT2D eigenvalue weighted by molar-refractivity contribution is -0.107. The minimum atomic E-state index is 0.548. The van der Waals surface area contributed by atoms with Crippen LogP contribution >= 0.6 is 0 Å². The summed E-state index contributed by atoms with van der Waals surface area (Å²) in [5, 5.41) is 10.6. The van der Waals surface area contributed by atoms with Crippen LogP contribution in [0.1, 0.15) is 19.3 Å². The van der Waals surface area contributed by atoms with E-state index in [1.807, 2.05) is 0 Å². The van der Waals surface area contributed by atoms with Crippen LogP contribution in [0.25, 0.3) is 0 Å². The quantitative estimate of drug-likeness (QED) is 0.194. The molecule has 0 rings (SSSR count). The Balaban J connectivity index is 2.82. The fraction of sp³-hybridized carbons (Fsp3) is 0.600. The second kappa shape index (κ2) is 6.14. The van der Waals surface area contributed by atoms with Crippen LogP contribution in [-0.4, -0.2) is 17.7 Å². The van der Waals surface area contributed by atoms with E-state index in [0.29, 0.717) is 12.8 Å². The Bertz CT molecular complexity index is 80.5. The van der Waals surface area contributed by atoms with Gasteiger partial charge in [0, 0.05) is 12.6 Å². The van der Waals surface area contributed by atoms with Gasteiger partial charge >= 0.3 is 0 Å². The van der Waals surface area contributed by atoms with E-state index in [-0.39, 0.29) is 0 Å². The van der Waals surface area contributed by atoms with Crippen molar-refractivity contribution in [3.8, 4) is 0 Å². The first kappa shape index (κ1) is 7.14. The average Bonchev–Trinajstić information content (AvgIpc) is 1.81. The standard InChI is InChI=1S/C5H9NO2/c7-5-3-1-2-4-6-8/h4-5,8H,1-3H2. The van der Waals surface area contributed by atoms with Gasteiger partial charge in [-0.1, -0.05) is 0 Å². The Hall–Kier alpha value is -0.860. The number of carbonyl (C=O) groups excluding carboxylic acids is 1. The monoisotopic (exact) mass is 115 g/mol. The number of rotatable bonds is 4. The Morgan fingerprint density at radius 1 is 1.50 bits per heavy atom. The molecule has 0 aromatic carbocycles. The fourth-order valence-corrected chi connectivity index (χ4v) is 0.350. The van der Waals surface area contributed by atoms with E-state index >= 15 is 0 Å². The fourth-order valence-electron chi connectivity index (χ4n) is 0.350. The molecule has 0 heterocycles. The summed E-state index contributed by atoms with van der Waals surface area (Å²) in [6.07, 6.45) is 4.23. The molecule has 0 saturated carbocycles. The van der Waals surface area contributed by atoms with Gasteiger partial charge in [0.1, 0.15) is 6.29 Å². The molecule has 0 bridgehead atoms. The highest BCUT2D eigenvalue weighted by Gasteiger charge is 1.80. The van der Waals surface area contributed by atoms with Crippen LogP contribution in [0.2, 0.25) is 0 Å². The van der Waals surface area contributed by atoms with Gasteiger partial charge in [0.2, 0.25) is 0 Å². The zero-order valence-corrected chi connectivity index (χ0v) is 4.58. The Labute approximate surface area is 48.0 Å². The van der Waals surface area contributed by atoms with Crippen molar-refractivity contribution < 1.29 is 10.0 Å². The Kier molecular flexibility index (Phi) is 5.48. The van der Waals surface area contributed by atoms with Gasteiger partial charge in [0.05, 0.1) is 0 Å². The van der Waals surface area contributed by atoms with Gasteiger partial charge in [-0.15, -0.1) is 5.16 Å². The summed E-state index contributed by atoms with van der Waals surface area (Å²) in [7, 11) is 0. The summed E-state index contributed by atoms with van der Waals surface area (Å²) in [5.74, 6) is 0. The van der Waals surface area contributed by atoms with E-state index in [9.17, 15) is 4.79 Å². The predicted molar refractivity (Wildman–Crippen MR) is 30.2 cm³/mol. The molecule has 46 valence electrons. The number of hydrogen-bond donors (Lipinski definition) is 1. The highest BCUT2D eigenvalue weighted by Crippen LogP contribution is 1.87. The molecular formula is C5H9NO2. The summed E-state index contributed by atoms with van der Waals surface area (Å²) in [6.45, 7) is 0. The van der Waals surface area contributed by atoms with Gasteiger partial charge in [-0.3, -0.25) is 0 Å². The molecule has 0 aromatic rings. The second-order valence-corrected chi connectivity index (χ2v) is 1.40. The van der Waals surface area contributed by atoms with E-state index in [2.05, 4.69) is 5.16 Å². The molecule has 1 N–H and O–H groups in total. The highest BCUT2D eigenvalue weighted by molar-refractivity contribution is 5.57. The molecule has 0 radical (unpaired) electrons. The molecule has 0 amide bonds. The number of hydrogen-bond acceptors (Lipinski definition) is 3. The Morgan fingerprint density at radius 2 is 2.25 bits per heavy atom. The first-order valence-corrected chi connectivity index (χ1v) is 2.51. The van der Waals surface area contributed by atoms with Gasteiger partial charge in [0.15, 0.2) is 0 Å². The van der Waals surface area contributed by atoms with Crippen molar-refractivity contribution in [1.82, 2.24) is 0 Å². The third-order valence-corrected chi connectivity index (χ3v) is 0.737. The van der Waals surface area contributed by atoms with E-state index < -0.39 is 0 Å². The van der Waals surface area contributed by atoms with Crippen molar-refractivity contribution in [3.05, 3.63) is 0 Å². The summed E-state index contributed by atoms with van der Waals surface area (Å²) >= 11 is 0. The lowest BCUT2D eigenvalue weighted by Gasteiger charge is -1.81. The van der Waals surface area contributed by atoms with Crippen molar-refractivity contribution in [2.24, 2.45) is 5.16 Å². The topological polar surface area (TPSA) is 49.7 Å². The zero-order valence-electron chi connectivity index (χ0n) is 4.58. The van der Waals surface area contributed by atoms with Crippen molar-refractivity contribution in [2.45, 2.75) is 19.3 Å². The highest BCUT2D eigenvalue weighted by atomic mass is 16.4. The summed E-state index contributed by atoms with van der Waals surface area (Å²) in [6, 6.07) is 0. The largest absolute Gasteiger partial charge is 0.411 e. The maximum Gasteiger partial charge on any atom is 0.120 e. The lowest BCUT2D eigenvalue weighted by Crippen LogP contribution is -1.77. The second-order valence-electron chi connectivity index (χ2n) is 1.40. The normalized spacial score (nSPS) is 10.0. The summed E-state index contributed by atoms with van der Waals surface area (Å²) in [4.78, 5) is 9.66. The van der Waals surface area contributed by atoms with Crippen LogP contribution in [0.3, 0.4) is 0 Å². The van der Waals surface area contributed by atoms with Gasteiger partial charge in [-0.25, -0.2) is 0 Å². The molecule has 0 aliphatic rings. The smallest absolute Gasteiger partial charge is 0.120 e. The maximum atomic E-state index is 9.66. The zero-order chi connectivity index (χ0) is 6.24. The van der Waals surface area contributed by atoms with E-state index in [1.54, 1.807) is 0 Å². The molecule has 0 spiro atoms. The molecule has 0 unspecified atom stereocenters. The van der Waals surface area contributed by atoms with Crippen LogP contribution in [0.15, 0.2) is 5.16 Å². The average molecular weight is 115 g/mol. The first-order chi connectivity index (χ1) is 3.91. The van der Waals surface area contributed by atoms with Crippen LogP contribution in [-0.2, 0) is 4.79 Å². The number of aldehydes is 1. The SMILES string of the molecule is O=CCCCC=NO. The van der Waals surface area contributed by atoms with E-state index in [0.717, 1.165) is 12.7 Å². The molecule has 3 nitrogen and oxygen atoms in total. The molecule has 0 aliphatic carbocycles. The summed E-state index contributed by atoms with van der Waals surface area (Å²) in [5.41, 5.74) is 0. The number of nitrogens with zero attached hydrogens (tertiary/aromatic N) is 1. The minimum Gasteiger partial charge on any atom is -0.411 e. The van der Waals surface area contributed by atoms with Crippen LogP contribution in [0, 0.1) is 0 Å². The van der Waals surface area contributed by atoms with E-state index in [4.69, 9.17) is 5.21 Å². The first-order valence-electron chi connectivity index (χ1n) is 2.51. The van der Waals surface area contributed by atoms with Gasteiger partial charge in [0.25, 0.3) is 0 Å². The lowest BCUT2D eigenvalue weighted by atomic mass is 10.3. The van der Waals surface area contributed by atoms with E-state index in [1.165, 1.54) is 6.21 Å². The number of carbonyl (C=O) groups is 1. The minimum absolute atomic E-state index is 0.548. The van der Waals surface area contributed by atoms with Crippen LogP contribution < -0.4 is 0 Å². The third kappa shape index (κ3) is 5.14. The molecule has 0 fully saturated rings. The molecule has 0 aromatic heterocycles. The Morgan fingerprint density at radius 3 is 2.75 bits per heavy atom. The van der Waals surface area contributed by atoms with Gasteiger partial charge in [-0.2, -0.15) is 0 Å². The maximum absolute atomic E-state index is 9.66. The molecule has 0 saturated heterocycles. The van der Waals surface area contributed by atoms with Gasteiger partial charge < -0.3 is 10.0 Å². The number of oxime groups is 1. The third-order valence-electron chi connectivity index (χ3n) is 0.737. The summed E-state index contributed by atoms with van der Waals surface area (Å²) < 4.78 is 0. The van der Waals surface area contributed by atoms with Crippen molar-refractivity contribution in [2.75, 3.05) is 0 Å². The van der Waals surface area contributed by atoms with Crippen LogP contribution in [0.5, 0.6) is 0 Å². The van der Waals surface area contributed by atoms with Crippen molar-refractivity contribution in [1.29, 1.82) is 0 Å². The van der Waals surface area contributed by atoms with Crippen molar-refractivity contribution >= 4 is 12.5 Å². The van der Waals surface area contributed by atoms with Gasteiger partial charge in [-0.05, 0) is 12.8 Å². The molecule has 3 heteroatoms. The van der Waals surface area contributed by atoms with Crippen molar-refractivity contribution in [3.63, 3.8) is 0 Å². The molecular weight excluding hydrogens is 106 g/mol. The number of unbranched alkanes of at least 4 members (excludes halogenated alkanes) is 2. The van der Waals surface area contributed by atoms with Crippen LogP contribution in [0.4, 0.5) is 0 Å². The molecule has 0 aliphatic heterocycles.